The van der Waals surface area contributed by atoms with Crippen LogP contribution in [0.1, 0.15) is 34.3 Å². The Labute approximate surface area is 155 Å². The minimum atomic E-state index is 0.140. The Bertz CT molecular complexity index is 746. The molecule has 0 saturated carbocycles. The highest BCUT2D eigenvalue weighted by Gasteiger charge is 2.24. The van der Waals surface area contributed by atoms with Gasteiger partial charge < -0.3 is 9.80 Å². The van der Waals surface area contributed by atoms with Gasteiger partial charge in [0, 0.05) is 44.1 Å². The first-order chi connectivity index (χ1) is 12.8. The zero-order valence-corrected chi connectivity index (χ0v) is 15.3. The fraction of sp³-hybridized carbons (Fsp3) is 0.455. The maximum Gasteiger partial charge on any atom is 0.254 e. The van der Waals surface area contributed by atoms with E-state index in [-0.39, 0.29) is 5.91 Å². The van der Waals surface area contributed by atoms with E-state index < -0.39 is 0 Å². The predicted octanol–water partition coefficient (Wildman–Crippen LogP) is 3.03. The predicted molar refractivity (Wildman–Crippen MR) is 103 cm³/mol. The van der Waals surface area contributed by atoms with Gasteiger partial charge in [0.05, 0.1) is 0 Å². The molecular weight excluding hydrogens is 322 g/mol. The lowest BCUT2D eigenvalue weighted by Crippen LogP contribution is -2.37. The van der Waals surface area contributed by atoms with Crippen molar-refractivity contribution >= 4 is 5.91 Å². The van der Waals surface area contributed by atoms with Crippen molar-refractivity contribution in [2.45, 2.75) is 25.7 Å². The van der Waals surface area contributed by atoms with Gasteiger partial charge in [0.2, 0.25) is 0 Å². The van der Waals surface area contributed by atoms with Crippen LogP contribution in [0.5, 0.6) is 0 Å². The molecule has 4 heteroatoms. The van der Waals surface area contributed by atoms with Crippen LogP contribution in [0.15, 0.2) is 48.8 Å². The second-order valence-corrected chi connectivity index (χ2v) is 7.56. The molecule has 2 heterocycles. The lowest BCUT2D eigenvalue weighted by Gasteiger charge is -2.30. The van der Waals surface area contributed by atoms with Crippen molar-refractivity contribution in [3.05, 3.63) is 65.5 Å². The number of fused-ring (bicyclic) bond motifs is 1. The summed E-state index contributed by atoms with van der Waals surface area (Å²) in [7, 11) is 0. The first-order valence-corrected chi connectivity index (χ1v) is 9.78. The van der Waals surface area contributed by atoms with Gasteiger partial charge in [-0.05, 0) is 61.4 Å². The molecule has 0 bridgehead atoms. The summed E-state index contributed by atoms with van der Waals surface area (Å²) in [5.74, 6) is 0.883. The van der Waals surface area contributed by atoms with Crippen LogP contribution in [0.4, 0.5) is 0 Å². The summed E-state index contributed by atoms with van der Waals surface area (Å²) < 4.78 is 0. The Balaban J connectivity index is 1.32. The summed E-state index contributed by atoms with van der Waals surface area (Å²) >= 11 is 0. The first-order valence-electron chi connectivity index (χ1n) is 9.78. The van der Waals surface area contributed by atoms with Gasteiger partial charge in [0.15, 0.2) is 0 Å². The number of rotatable bonds is 3. The second-order valence-electron chi connectivity index (χ2n) is 7.56. The van der Waals surface area contributed by atoms with Crippen LogP contribution >= 0.6 is 0 Å². The van der Waals surface area contributed by atoms with Gasteiger partial charge in [-0.1, -0.05) is 24.3 Å². The highest BCUT2D eigenvalue weighted by atomic mass is 16.2. The number of carbonyl (C=O) groups excluding carboxylic acids is 1. The van der Waals surface area contributed by atoms with Crippen molar-refractivity contribution in [3.8, 4) is 0 Å². The van der Waals surface area contributed by atoms with Crippen LogP contribution in [0.25, 0.3) is 0 Å². The minimum Gasteiger partial charge on any atom is -0.337 e. The molecule has 4 nitrogen and oxygen atoms in total. The average Bonchev–Trinajstić information content (AvgIpc) is 2.93. The number of carbonyl (C=O) groups is 1. The van der Waals surface area contributed by atoms with E-state index in [0.29, 0.717) is 0 Å². The Morgan fingerprint density at radius 1 is 1.00 bits per heavy atom. The van der Waals surface area contributed by atoms with Crippen molar-refractivity contribution < 1.29 is 4.79 Å². The van der Waals surface area contributed by atoms with Crippen molar-refractivity contribution in [1.29, 1.82) is 0 Å². The summed E-state index contributed by atoms with van der Waals surface area (Å²) in [6.07, 6.45) is 8.14. The van der Waals surface area contributed by atoms with Gasteiger partial charge >= 0.3 is 0 Å². The molecular formula is C22H27N3O. The number of benzene rings is 1. The summed E-state index contributed by atoms with van der Waals surface area (Å²) in [5.41, 5.74) is 3.82. The Morgan fingerprint density at radius 3 is 2.65 bits per heavy atom. The van der Waals surface area contributed by atoms with E-state index >= 15 is 0 Å². The molecule has 4 rings (SSSR count). The number of amides is 1. The molecule has 1 aromatic carbocycles. The van der Waals surface area contributed by atoms with Gasteiger partial charge in [0.25, 0.3) is 5.91 Å². The molecule has 2 aliphatic rings. The van der Waals surface area contributed by atoms with Gasteiger partial charge in [-0.3, -0.25) is 9.78 Å². The number of aryl methyl sites for hydroxylation is 1. The molecule has 0 spiro atoms. The van der Waals surface area contributed by atoms with Gasteiger partial charge in [0.1, 0.15) is 0 Å². The van der Waals surface area contributed by atoms with E-state index in [1.54, 1.807) is 12.4 Å². The lowest BCUT2D eigenvalue weighted by molar-refractivity contribution is 0.0760. The summed E-state index contributed by atoms with van der Waals surface area (Å²) in [5, 5.41) is 0. The second kappa shape index (κ2) is 8.00. The third-order valence-corrected chi connectivity index (χ3v) is 5.77. The highest BCUT2D eigenvalue weighted by molar-refractivity contribution is 5.94. The van der Waals surface area contributed by atoms with Crippen LogP contribution in [-0.4, -0.2) is 53.4 Å². The Morgan fingerprint density at radius 2 is 1.81 bits per heavy atom. The summed E-state index contributed by atoms with van der Waals surface area (Å²) in [6.45, 7) is 4.91. The molecule has 1 unspecified atom stereocenters. The van der Waals surface area contributed by atoms with Gasteiger partial charge in [-0.15, -0.1) is 0 Å². The average molecular weight is 349 g/mol. The van der Waals surface area contributed by atoms with E-state index in [1.165, 1.54) is 30.4 Å². The molecule has 1 saturated heterocycles. The zero-order chi connectivity index (χ0) is 17.8. The van der Waals surface area contributed by atoms with Crippen LogP contribution in [0.2, 0.25) is 0 Å². The van der Waals surface area contributed by atoms with Crippen molar-refractivity contribution in [1.82, 2.24) is 14.8 Å². The Hall–Kier alpha value is -2.20. The zero-order valence-electron chi connectivity index (χ0n) is 15.3. The largest absolute Gasteiger partial charge is 0.337 e. The fourth-order valence-corrected chi connectivity index (χ4v) is 4.33. The highest BCUT2D eigenvalue weighted by Crippen LogP contribution is 2.26. The number of hydrogen-bond donors (Lipinski definition) is 0. The van der Waals surface area contributed by atoms with E-state index in [9.17, 15) is 4.79 Å². The van der Waals surface area contributed by atoms with Crippen molar-refractivity contribution in [3.63, 3.8) is 0 Å². The normalized spacial score (nSPS) is 21.1. The third-order valence-electron chi connectivity index (χ3n) is 5.77. The quantitative estimate of drug-likeness (QED) is 0.855. The summed E-state index contributed by atoms with van der Waals surface area (Å²) in [4.78, 5) is 21.2. The standard InChI is InChI=1S/C22H27N3O/c26-22(20-8-10-23-11-9-20)25-13-3-12-24(14-15-25)17-18-6-7-19-4-1-2-5-21(19)16-18/h1-2,4-5,8-11,18H,3,6-7,12-17H2. The smallest absolute Gasteiger partial charge is 0.254 e. The summed E-state index contributed by atoms with van der Waals surface area (Å²) in [6, 6.07) is 12.5. The molecule has 0 radical (unpaired) electrons. The topological polar surface area (TPSA) is 36.4 Å². The van der Waals surface area contributed by atoms with E-state index in [4.69, 9.17) is 0 Å². The molecule has 1 aliphatic heterocycles. The van der Waals surface area contributed by atoms with Crippen LogP contribution < -0.4 is 0 Å². The van der Waals surface area contributed by atoms with Gasteiger partial charge in [-0.2, -0.15) is 0 Å². The van der Waals surface area contributed by atoms with Crippen molar-refractivity contribution in [2.24, 2.45) is 5.92 Å². The van der Waals surface area contributed by atoms with E-state index in [1.807, 2.05) is 17.0 Å². The van der Waals surface area contributed by atoms with Gasteiger partial charge in [-0.25, -0.2) is 0 Å². The Kier molecular flexibility index (Phi) is 5.30. The monoisotopic (exact) mass is 349 g/mol. The molecule has 136 valence electrons. The maximum absolute atomic E-state index is 12.7. The van der Waals surface area contributed by atoms with E-state index in [2.05, 4.69) is 34.1 Å². The molecule has 26 heavy (non-hydrogen) atoms. The number of aromatic nitrogens is 1. The number of hydrogen-bond acceptors (Lipinski definition) is 3. The van der Waals surface area contributed by atoms with Crippen molar-refractivity contribution in [2.75, 3.05) is 32.7 Å². The molecule has 1 amide bonds. The molecule has 1 aromatic heterocycles. The van der Waals surface area contributed by atoms with Crippen LogP contribution in [0.3, 0.4) is 0 Å². The maximum atomic E-state index is 12.7. The molecule has 1 aliphatic carbocycles. The van der Waals surface area contributed by atoms with Crippen LogP contribution in [0, 0.1) is 5.92 Å². The fourth-order valence-electron chi connectivity index (χ4n) is 4.33. The lowest BCUT2D eigenvalue weighted by atomic mass is 9.83. The first kappa shape index (κ1) is 17.2. The number of pyridine rings is 1. The number of nitrogens with zero attached hydrogens (tertiary/aromatic N) is 3. The van der Waals surface area contributed by atoms with E-state index in [0.717, 1.165) is 50.6 Å². The van der Waals surface area contributed by atoms with Crippen LogP contribution in [-0.2, 0) is 12.8 Å². The SMILES string of the molecule is O=C(c1ccncc1)N1CCCN(CC2CCc3ccccc3C2)CC1. The molecule has 1 fully saturated rings. The molecule has 2 aromatic rings. The molecule has 0 N–H and O–H groups in total. The molecule has 1 atom stereocenters. The third kappa shape index (κ3) is 3.96. The minimum absolute atomic E-state index is 0.140.